The Labute approximate surface area is 73.5 Å². The summed E-state index contributed by atoms with van der Waals surface area (Å²) < 4.78 is 12.1. The van der Waals surface area contributed by atoms with Gasteiger partial charge in [-0.3, -0.25) is 0 Å². The third kappa shape index (κ3) is 6.82. The van der Waals surface area contributed by atoms with Crippen molar-refractivity contribution in [3.63, 3.8) is 0 Å². The largest absolute Gasteiger partial charge is 0.208 e. The minimum atomic E-state index is -0.484. The van der Waals surface area contributed by atoms with E-state index < -0.39 is 5.83 Å². The molecule has 0 spiro atoms. The van der Waals surface area contributed by atoms with Gasteiger partial charge in [-0.2, -0.15) is 0 Å². The number of halogens is 1. The summed E-state index contributed by atoms with van der Waals surface area (Å²) in [5.74, 6) is 5.54. The van der Waals surface area contributed by atoms with Crippen LogP contribution in [-0.2, 0) is 0 Å². The van der Waals surface area contributed by atoms with Gasteiger partial charge in [0, 0.05) is 11.5 Å². The van der Waals surface area contributed by atoms with E-state index in [-0.39, 0.29) is 0 Å². The van der Waals surface area contributed by atoms with Crippen LogP contribution >= 0.6 is 0 Å². The third-order valence-electron chi connectivity index (χ3n) is 0.987. The van der Waals surface area contributed by atoms with Crippen molar-refractivity contribution in [1.82, 2.24) is 0 Å². The molecule has 0 rings (SSSR count). The zero-order valence-corrected chi connectivity index (χ0v) is 7.52. The molecule has 0 aromatic carbocycles. The van der Waals surface area contributed by atoms with Crippen LogP contribution in [0.15, 0.2) is 36.7 Å². The van der Waals surface area contributed by atoms with Gasteiger partial charge in [-0.05, 0) is 12.2 Å². The molecular weight excluding hydrogens is 151 g/mol. The molecular formula is C11H13F. The highest BCUT2D eigenvalue weighted by Crippen LogP contribution is 1.98. The molecule has 64 valence electrons. The van der Waals surface area contributed by atoms with E-state index in [4.69, 9.17) is 0 Å². The summed E-state index contributed by atoms with van der Waals surface area (Å²) in [5.41, 5.74) is 0.600. The van der Waals surface area contributed by atoms with Crippen LogP contribution < -0.4 is 0 Å². The van der Waals surface area contributed by atoms with E-state index in [1.54, 1.807) is 0 Å². The molecule has 0 atom stereocenters. The quantitative estimate of drug-likeness (QED) is 0.434. The molecule has 0 radical (unpaired) electrons. The van der Waals surface area contributed by atoms with Crippen molar-refractivity contribution in [3.05, 3.63) is 36.7 Å². The van der Waals surface area contributed by atoms with Crippen molar-refractivity contribution in [2.45, 2.75) is 13.8 Å². The normalized spacial score (nSPS) is 9.67. The molecule has 0 amide bonds. The topological polar surface area (TPSA) is 0 Å². The summed E-state index contributed by atoms with van der Waals surface area (Å²) in [6, 6.07) is 0. The lowest BCUT2D eigenvalue weighted by Crippen LogP contribution is -1.78. The van der Waals surface area contributed by atoms with E-state index in [9.17, 15) is 4.39 Å². The maximum absolute atomic E-state index is 12.1. The average molecular weight is 164 g/mol. The summed E-state index contributed by atoms with van der Waals surface area (Å²) in [6.45, 7) is 10.7. The van der Waals surface area contributed by atoms with Crippen molar-refractivity contribution in [2.75, 3.05) is 0 Å². The summed E-state index contributed by atoms with van der Waals surface area (Å²) >= 11 is 0. The Morgan fingerprint density at radius 2 is 1.92 bits per heavy atom. The van der Waals surface area contributed by atoms with E-state index in [1.165, 1.54) is 12.2 Å². The predicted molar refractivity (Wildman–Crippen MR) is 51.1 cm³/mol. The molecule has 12 heavy (non-hydrogen) atoms. The molecule has 1 heteroatoms. The zero-order chi connectivity index (χ0) is 9.56. The second-order valence-electron chi connectivity index (χ2n) is 2.73. The van der Waals surface area contributed by atoms with Crippen molar-refractivity contribution in [2.24, 2.45) is 5.92 Å². The Balaban J connectivity index is 4.10. The lowest BCUT2D eigenvalue weighted by Gasteiger charge is -1.88. The first-order valence-electron chi connectivity index (χ1n) is 3.75. The molecule has 0 fully saturated rings. The monoisotopic (exact) mass is 164 g/mol. The van der Waals surface area contributed by atoms with Crippen LogP contribution in [0.2, 0.25) is 0 Å². The molecule has 0 nitrogen and oxygen atoms in total. The third-order valence-corrected chi connectivity index (χ3v) is 0.987. The highest BCUT2D eigenvalue weighted by Gasteiger charge is 1.84. The van der Waals surface area contributed by atoms with Crippen molar-refractivity contribution < 1.29 is 4.39 Å². The van der Waals surface area contributed by atoms with Crippen molar-refractivity contribution in [1.29, 1.82) is 0 Å². The van der Waals surface area contributed by atoms with Gasteiger partial charge in [0.05, 0.1) is 0 Å². The van der Waals surface area contributed by atoms with E-state index in [0.717, 1.165) is 0 Å². The Morgan fingerprint density at radius 1 is 1.33 bits per heavy atom. The van der Waals surface area contributed by atoms with Crippen LogP contribution in [-0.4, -0.2) is 0 Å². The fraction of sp³-hybridized carbons (Fsp3) is 0.273. The second-order valence-corrected chi connectivity index (χ2v) is 2.73. The smallest absolute Gasteiger partial charge is 0.116 e. The van der Waals surface area contributed by atoms with Gasteiger partial charge in [-0.1, -0.05) is 38.8 Å². The van der Waals surface area contributed by atoms with Crippen molar-refractivity contribution >= 4 is 0 Å². The first-order valence-corrected chi connectivity index (χ1v) is 3.75. The Kier molecular flexibility index (Phi) is 4.79. The summed E-state index contributed by atoms with van der Waals surface area (Å²) in [6.07, 6.45) is 2.76. The van der Waals surface area contributed by atoms with Gasteiger partial charge in [-0.15, -0.1) is 0 Å². The molecule has 0 heterocycles. The Morgan fingerprint density at radius 3 is 2.33 bits per heavy atom. The van der Waals surface area contributed by atoms with Crippen LogP contribution in [0.1, 0.15) is 13.8 Å². The zero-order valence-electron chi connectivity index (χ0n) is 7.52. The Bertz CT molecular complexity index is 258. The molecule has 0 aromatic heterocycles. The lowest BCUT2D eigenvalue weighted by molar-refractivity contribution is 0.671. The van der Waals surface area contributed by atoms with Crippen LogP contribution in [0.3, 0.4) is 0 Å². The number of hydrogen-bond acceptors (Lipinski definition) is 0. The molecule has 0 aliphatic rings. The molecule has 0 bridgehead atoms. The van der Waals surface area contributed by atoms with Crippen LogP contribution in [0.5, 0.6) is 0 Å². The average Bonchev–Trinajstić information content (AvgIpc) is 1.96. The first kappa shape index (κ1) is 10.7. The molecule has 0 aliphatic carbocycles. The van der Waals surface area contributed by atoms with Crippen LogP contribution in [0, 0.1) is 17.8 Å². The number of allylic oxidation sites excluding steroid dienone is 4. The minimum absolute atomic E-state index is 0.309. The van der Waals surface area contributed by atoms with Gasteiger partial charge in [0.25, 0.3) is 0 Å². The lowest BCUT2D eigenvalue weighted by atomic mass is 10.2. The summed E-state index contributed by atoms with van der Waals surface area (Å²) in [7, 11) is 0. The minimum Gasteiger partial charge on any atom is -0.208 e. The van der Waals surface area contributed by atoms with Gasteiger partial charge in [0.15, 0.2) is 0 Å². The fourth-order valence-electron chi connectivity index (χ4n) is 0.470. The highest BCUT2D eigenvalue weighted by atomic mass is 19.1. The van der Waals surface area contributed by atoms with E-state index >= 15 is 0 Å². The predicted octanol–water partition coefficient (Wildman–Crippen LogP) is 3.24. The molecule has 0 aliphatic heterocycles. The van der Waals surface area contributed by atoms with Crippen molar-refractivity contribution in [3.8, 4) is 11.8 Å². The first-order chi connectivity index (χ1) is 5.52. The van der Waals surface area contributed by atoms with Crippen LogP contribution in [0.4, 0.5) is 4.39 Å². The molecule has 0 N–H and O–H groups in total. The maximum atomic E-state index is 12.1. The number of hydrogen-bond donors (Lipinski definition) is 0. The van der Waals surface area contributed by atoms with Gasteiger partial charge in [0.1, 0.15) is 5.83 Å². The van der Waals surface area contributed by atoms with Gasteiger partial charge < -0.3 is 0 Å². The molecule has 0 unspecified atom stereocenters. The van der Waals surface area contributed by atoms with Gasteiger partial charge >= 0.3 is 0 Å². The second kappa shape index (κ2) is 5.37. The standard InChI is InChI=1S/C11H13F/c1-9(2)5-6-10(3)7-8-11(4)12/h7-9H,3-4H2,1-2H3/b8-7-. The highest BCUT2D eigenvalue weighted by molar-refractivity contribution is 5.37. The van der Waals surface area contributed by atoms with Crippen LogP contribution in [0.25, 0.3) is 0 Å². The Hall–Kier alpha value is -1.29. The van der Waals surface area contributed by atoms with E-state index in [2.05, 4.69) is 25.0 Å². The summed E-state index contributed by atoms with van der Waals surface area (Å²) in [5, 5.41) is 0. The van der Waals surface area contributed by atoms with E-state index in [1.807, 2.05) is 13.8 Å². The number of rotatable bonds is 2. The SMILES string of the molecule is C=C(F)/C=C\C(=C)C#CC(C)C. The molecule has 0 saturated carbocycles. The summed E-state index contributed by atoms with van der Waals surface area (Å²) in [4.78, 5) is 0. The van der Waals surface area contributed by atoms with Gasteiger partial charge in [-0.25, -0.2) is 4.39 Å². The van der Waals surface area contributed by atoms with Gasteiger partial charge in [0.2, 0.25) is 0 Å². The molecule has 0 aromatic rings. The maximum Gasteiger partial charge on any atom is 0.116 e. The van der Waals surface area contributed by atoms with E-state index in [0.29, 0.717) is 11.5 Å². The molecule has 0 saturated heterocycles. The fourth-order valence-corrected chi connectivity index (χ4v) is 0.470.